The van der Waals surface area contributed by atoms with Crippen molar-refractivity contribution in [1.82, 2.24) is 5.32 Å². The lowest BCUT2D eigenvalue weighted by molar-refractivity contribution is -0.118. The van der Waals surface area contributed by atoms with Gasteiger partial charge < -0.3 is 10.6 Å². The van der Waals surface area contributed by atoms with Crippen LogP contribution in [0.2, 0.25) is 0 Å². The molecule has 0 spiro atoms. The summed E-state index contributed by atoms with van der Waals surface area (Å²) in [5.74, 6) is 0.0171. The molecular weight excluding hydrogens is 336 g/mol. The summed E-state index contributed by atoms with van der Waals surface area (Å²) in [5, 5.41) is 5.78. The second-order valence-corrected chi connectivity index (χ2v) is 7.48. The lowest BCUT2D eigenvalue weighted by Gasteiger charge is -2.22. The van der Waals surface area contributed by atoms with Crippen molar-refractivity contribution in [2.75, 3.05) is 5.32 Å². The van der Waals surface area contributed by atoms with Crippen LogP contribution in [0.25, 0.3) is 0 Å². The van der Waals surface area contributed by atoms with Gasteiger partial charge in [0.2, 0.25) is 5.91 Å². The Kier molecular flexibility index (Phi) is 7.17. The zero-order valence-corrected chi connectivity index (χ0v) is 16.9. The molecule has 2 unspecified atom stereocenters. The molecule has 27 heavy (non-hydrogen) atoms. The topological polar surface area (TPSA) is 58.2 Å². The SMILES string of the molecule is CCC(C)c1ccc(NC(=O)C(NC(=O)c2ccc(C)cc2)C(C)C)cc1. The summed E-state index contributed by atoms with van der Waals surface area (Å²) >= 11 is 0. The third-order valence-electron chi connectivity index (χ3n) is 4.91. The van der Waals surface area contributed by atoms with E-state index in [0.29, 0.717) is 11.5 Å². The van der Waals surface area contributed by atoms with Gasteiger partial charge >= 0.3 is 0 Å². The minimum absolute atomic E-state index is 0.0289. The van der Waals surface area contributed by atoms with Gasteiger partial charge in [0.25, 0.3) is 5.91 Å². The second-order valence-electron chi connectivity index (χ2n) is 7.48. The van der Waals surface area contributed by atoms with E-state index in [9.17, 15) is 9.59 Å². The van der Waals surface area contributed by atoms with Gasteiger partial charge in [-0.15, -0.1) is 0 Å². The van der Waals surface area contributed by atoms with E-state index in [-0.39, 0.29) is 17.7 Å². The summed E-state index contributed by atoms with van der Waals surface area (Å²) in [6.07, 6.45) is 1.08. The molecule has 144 valence electrons. The maximum Gasteiger partial charge on any atom is 0.251 e. The number of aryl methyl sites for hydroxylation is 1. The highest BCUT2D eigenvalue weighted by Crippen LogP contribution is 2.21. The molecular formula is C23H30N2O2. The van der Waals surface area contributed by atoms with Crippen molar-refractivity contribution in [3.8, 4) is 0 Å². The molecule has 0 aliphatic heterocycles. The maximum atomic E-state index is 12.7. The van der Waals surface area contributed by atoms with E-state index in [2.05, 4.69) is 24.5 Å². The third-order valence-corrected chi connectivity index (χ3v) is 4.91. The van der Waals surface area contributed by atoms with E-state index in [1.165, 1.54) is 5.56 Å². The van der Waals surface area contributed by atoms with Crippen molar-refractivity contribution in [2.24, 2.45) is 5.92 Å². The molecule has 0 aliphatic rings. The number of nitrogens with one attached hydrogen (secondary N) is 2. The fourth-order valence-corrected chi connectivity index (χ4v) is 2.82. The number of benzene rings is 2. The Hall–Kier alpha value is -2.62. The summed E-state index contributed by atoms with van der Waals surface area (Å²) in [4.78, 5) is 25.2. The van der Waals surface area contributed by atoms with E-state index in [0.717, 1.165) is 17.7 Å². The van der Waals surface area contributed by atoms with Crippen LogP contribution in [-0.4, -0.2) is 17.9 Å². The van der Waals surface area contributed by atoms with E-state index in [1.54, 1.807) is 12.1 Å². The first-order chi connectivity index (χ1) is 12.8. The Morgan fingerprint density at radius 2 is 1.52 bits per heavy atom. The molecule has 0 fully saturated rings. The lowest BCUT2D eigenvalue weighted by Crippen LogP contribution is -2.47. The second kappa shape index (κ2) is 9.36. The van der Waals surface area contributed by atoms with Crippen molar-refractivity contribution >= 4 is 17.5 Å². The molecule has 2 rings (SSSR count). The van der Waals surface area contributed by atoms with Crippen LogP contribution in [0.3, 0.4) is 0 Å². The average molecular weight is 367 g/mol. The zero-order valence-electron chi connectivity index (χ0n) is 16.9. The molecule has 0 saturated heterocycles. The first-order valence-corrected chi connectivity index (χ1v) is 9.60. The third kappa shape index (κ3) is 5.68. The fraction of sp³-hybridized carbons (Fsp3) is 0.391. The fourth-order valence-electron chi connectivity index (χ4n) is 2.82. The summed E-state index contributed by atoms with van der Waals surface area (Å²) in [6, 6.07) is 14.6. The molecule has 2 aromatic rings. The van der Waals surface area contributed by atoms with Gasteiger partial charge in [0, 0.05) is 11.3 Å². The molecule has 2 aromatic carbocycles. The molecule has 4 nitrogen and oxygen atoms in total. The molecule has 0 saturated carbocycles. The normalized spacial score (nSPS) is 13.1. The first-order valence-electron chi connectivity index (χ1n) is 9.60. The number of anilines is 1. The monoisotopic (exact) mass is 366 g/mol. The molecule has 0 aliphatic carbocycles. The van der Waals surface area contributed by atoms with Crippen LogP contribution >= 0.6 is 0 Å². The molecule has 2 atom stereocenters. The molecule has 2 amide bonds. The molecule has 0 heterocycles. The predicted molar refractivity (Wildman–Crippen MR) is 111 cm³/mol. The van der Waals surface area contributed by atoms with Crippen LogP contribution in [0.1, 0.15) is 61.5 Å². The average Bonchev–Trinajstić information content (AvgIpc) is 2.66. The van der Waals surface area contributed by atoms with Crippen LogP contribution < -0.4 is 10.6 Å². The summed E-state index contributed by atoms with van der Waals surface area (Å²) < 4.78 is 0. The van der Waals surface area contributed by atoms with E-state index >= 15 is 0 Å². The van der Waals surface area contributed by atoms with Gasteiger partial charge in [-0.3, -0.25) is 9.59 Å². The van der Waals surface area contributed by atoms with Gasteiger partial charge in [-0.1, -0.05) is 57.5 Å². The van der Waals surface area contributed by atoms with Gasteiger partial charge in [-0.05, 0) is 55.0 Å². The van der Waals surface area contributed by atoms with Gasteiger partial charge in [0.15, 0.2) is 0 Å². The number of amides is 2. The highest BCUT2D eigenvalue weighted by Gasteiger charge is 2.24. The zero-order chi connectivity index (χ0) is 20.0. The van der Waals surface area contributed by atoms with E-state index in [1.807, 2.05) is 57.2 Å². The number of carbonyl (C=O) groups excluding carboxylic acids is 2. The standard InChI is InChI=1S/C23H30N2O2/c1-6-17(5)18-11-13-20(14-12-18)24-23(27)21(15(2)3)25-22(26)19-9-7-16(4)8-10-19/h7-15,17,21H,6H2,1-5H3,(H,24,27)(H,25,26). The molecule has 2 N–H and O–H groups in total. The largest absolute Gasteiger partial charge is 0.340 e. The minimum Gasteiger partial charge on any atom is -0.340 e. The van der Waals surface area contributed by atoms with Crippen molar-refractivity contribution in [2.45, 2.75) is 53.0 Å². The number of carbonyl (C=O) groups is 2. The Morgan fingerprint density at radius 1 is 0.926 bits per heavy atom. The maximum absolute atomic E-state index is 12.7. The highest BCUT2D eigenvalue weighted by atomic mass is 16.2. The van der Waals surface area contributed by atoms with E-state index in [4.69, 9.17) is 0 Å². The first kappa shape index (κ1) is 20.7. The van der Waals surface area contributed by atoms with Gasteiger partial charge in [0.05, 0.1) is 0 Å². The van der Waals surface area contributed by atoms with Crippen molar-refractivity contribution in [1.29, 1.82) is 0 Å². The number of hydrogen-bond acceptors (Lipinski definition) is 2. The Balaban J connectivity index is 2.06. The molecule has 0 radical (unpaired) electrons. The van der Waals surface area contributed by atoms with Gasteiger partial charge in [-0.2, -0.15) is 0 Å². The number of hydrogen-bond donors (Lipinski definition) is 2. The van der Waals surface area contributed by atoms with Crippen LogP contribution in [0.4, 0.5) is 5.69 Å². The van der Waals surface area contributed by atoms with Crippen LogP contribution in [0.15, 0.2) is 48.5 Å². The Labute approximate surface area is 162 Å². The quantitative estimate of drug-likeness (QED) is 0.732. The lowest BCUT2D eigenvalue weighted by atomic mass is 9.98. The minimum atomic E-state index is -0.604. The van der Waals surface area contributed by atoms with Gasteiger partial charge in [-0.25, -0.2) is 0 Å². The predicted octanol–water partition coefficient (Wildman–Crippen LogP) is 4.90. The molecule has 0 aromatic heterocycles. The van der Waals surface area contributed by atoms with Crippen molar-refractivity contribution < 1.29 is 9.59 Å². The van der Waals surface area contributed by atoms with Crippen LogP contribution in [0.5, 0.6) is 0 Å². The van der Waals surface area contributed by atoms with Crippen LogP contribution in [-0.2, 0) is 4.79 Å². The van der Waals surface area contributed by atoms with E-state index < -0.39 is 6.04 Å². The summed E-state index contributed by atoms with van der Waals surface area (Å²) in [5.41, 5.74) is 3.63. The molecule has 0 bridgehead atoms. The number of rotatable bonds is 7. The smallest absolute Gasteiger partial charge is 0.251 e. The Bertz CT molecular complexity index is 764. The summed E-state index contributed by atoms with van der Waals surface area (Å²) in [7, 11) is 0. The molecule has 4 heteroatoms. The van der Waals surface area contributed by atoms with Crippen molar-refractivity contribution in [3.63, 3.8) is 0 Å². The van der Waals surface area contributed by atoms with Crippen LogP contribution in [0, 0.1) is 12.8 Å². The summed E-state index contributed by atoms with van der Waals surface area (Å²) in [6.45, 7) is 10.2. The Morgan fingerprint density at radius 3 is 2.04 bits per heavy atom. The highest BCUT2D eigenvalue weighted by molar-refractivity contribution is 6.01. The van der Waals surface area contributed by atoms with Crippen molar-refractivity contribution in [3.05, 3.63) is 65.2 Å². The van der Waals surface area contributed by atoms with Gasteiger partial charge in [0.1, 0.15) is 6.04 Å².